The number of hydrogen-bond donors (Lipinski definition) is 2. The van der Waals surface area contributed by atoms with Gasteiger partial charge in [-0.15, -0.1) is 10.2 Å². The molecule has 1 heterocycles. The summed E-state index contributed by atoms with van der Waals surface area (Å²) >= 11 is 0.972. The molecule has 0 aliphatic heterocycles. The van der Waals surface area contributed by atoms with Gasteiger partial charge in [-0.05, 0) is 61.0 Å². The molecule has 3 aromatic carbocycles. The number of carbonyl (C=O) groups is 2. The van der Waals surface area contributed by atoms with Crippen LogP contribution in [0.4, 0.5) is 18.9 Å². The monoisotopic (exact) mass is 660 g/mol. The fraction of sp³-hybridized carbons (Fsp3) is 0.267. The number of halogens is 3. The van der Waals surface area contributed by atoms with Crippen molar-refractivity contribution in [3.8, 4) is 5.69 Å². The Kier molecular flexibility index (Phi) is 10.7. The molecule has 45 heavy (non-hydrogen) atoms. The average molecular weight is 661 g/mol. The maximum absolute atomic E-state index is 13.4. The fourth-order valence-corrected chi connectivity index (χ4v) is 6.67. The molecule has 1 aromatic heterocycles. The lowest BCUT2D eigenvalue weighted by molar-refractivity contribution is -0.137. The Hall–Kier alpha value is -4.21. The van der Waals surface area contributed by atoms with E-state index in [-0.39, 0.29) is 33.6 Å². The Morgan fingerprint density at radius 1 is 0.956 bits per heavy atom. The first-order valence-corrected chi connectivity index (χ1v) is 16.3. The first kappa shape index (κ1) is 33.7. The van der Waals surface area contributed by atoms with Gasteiger partial charge in [-0.25, -0.2) is 8.42 Å². The minimum atomic E-state index is -4.63. The molecule has 0 aliphatic rings. The van der Waals surface area contributed by atoms with Gasteiger partial charge in [-0.1, -0.05) is 49.9 Å². The predicted octanol–water partition coefficient (Wildman–Crippen LogP) is 5.29. The highest BCUT2D eigenvalue weighted by molar-refractivity contribution is 7.99. The second kappa shape index (κ2) is 14.3. The molecule has 0 atom stereocenters. The van der Waals surface area contributed by atoms with Crippen LogP contribution in [0.25, 0.3) is 5.69 Å². The Balaban J connectivity index is 1.50. The lowest BCUT2D eigenvalue weighted by atomic mass is 10.1. The third kappa shape index (κ3) is 8.09. The Bertz CT molecular complexity index is 1770. The minimum Gasteiger partial charge on any atom is -0.345 e. The zero-order valence-electron chi connectivity index (χ0n) is 24.6. The number of amides is 2. The quantitative estimate of drug-likeness (QED) is 0.198. The van der Waals surface area contributed by atoms with Crippen LogP contribution in [0.2, 0.25) is 0 Å². The van der Waals surface area contributed by atoms with Gasteiger partial charge in [0.05, 0.1) is 28.4 Å². The van der Waals surface area contributed by atoms with Gasteiger partial charge in [0.1, 0.15) is 0 Å². The zero-order valence-corrected chi connectivity index (χ0v) is 26.3. The second-order valence-electron chi connectivity index (χ2n) is 9.75. The Morgan fingerprint density at radius 3 is 2.29 bits per heavy atom. The first-order valence-electron chi connectivity index (χ1n) is 13.8. The number of nitrogens with one attached hydrogen (secondary N) is 2. The lowest BCUT2D eigenvalue weighted by Gasteiger charge is -2.18. The highest BCUT2D eigenvalue weighted by Gasteiger charge is 2.33. The molecule has 15 heteroatoms. The van der Waals surface area contributed by atoms with Crippen molar-refractivity contribution in [2.75, 3.05) is 24.2 Å². The van der Waals surface area contributed by atoms with Crippen LogP contribution in [0.1, 0.15) is 41.2 Å². The summed E-state index contributed by atoms with van der Waals surface area (Å²) < 4.78 is 68.5. The molecule has 0 bridgehead atoms. The van der Waals surface area contributed by atoms with E-state index in [0.29, 0.717) is 24.6 Å². The van der Waals surface area contributed by atoms with Crippen molar-refractivity contribution >= 4 is 39.3 Å². The number of benzene rings is 3. The van der Waals surface area contributed by atoms with E-state index >= 15 is 0 Å². The summed E-state index contributed by atoms with van der Waals surface area (Å²) in [6, 6.07) is 17.7. The molecule has 4 aromatic rings. The van der Waals surface area contributed by atoms with Gasteiger partial charge in [0, 0.05) is 24.3 Å². The van der Waals surface area contributed by atoms with E-state index in [1.807, 2.05) is 25.1 Å². The molecule has 0 spiro atoms. The van der Waals surface area contributed by atoms with Crippen LogP contribution in [-0.2, 0) is 27.5 Å². The van der Waals surface area contributed by atoms with Crippen molar-refractivity contribution in [2.45, 2.75) is 43.5 Å². The topological polar surface area (TPSA) is 126 Å². The number of anilines is 1. The number of thioether (sulfide) groups is 1. The van der Waals surface area contributed by atoms with Gasteiger partial charge in [0.15, 0.2) is 11.0 Å². The summed E-state index contributed by atoms with van der Waals surface area (Å²) in [4.78, 5) is 25.7. The number of rotatable bonds is 12. The molecule has 10 nitrogen and oxygen atoms in total. The standard InChI is InChI=1S/C30H31F3N6O4S2/c1-4-38(5-2)45(42,43)23-15-13-21(14-16-23)28(41)34-18-26-36-37-29(39(26)22-10-8-9-20(3)17-22)44-19-27(40)35-25-12-7-6-11-24(25)30(31,32)33/h6-17H,4-5,18-19H2,1-3H3,(H,34,41)(H,35,40). The van der Waals surface area contributed by atoms with Gasteiger partial charge in [-0.2, -0.15) is 17.5 Å². The number of nitrogens with zero attached hydrogens (tertiary/aromatic N) is 4. The molecule has 0 aliphatic carbocycles. The normalized spacial score (nSPS) is 11.9. The molecule has 2 amide bonds. The molecule has 0 radical (unpaired) electrons. The first-order chi connectivity index (χ1) is 21.3. The summed E-state index contributed by atoms with van der Waals surface area (Å²) in [7, 11) is -3.68. The molecule has 0 saturated heterocycles. The van der Waals surface area contributed by atoms with Crippen LogP contribution in [0.5, 0.6) is 0 Å². The summed E-state index contributed by atoms with van der Waals surface area (Å²) in [5, 5.41) is 13.7. The van der Waals surface area contributed by atoms with Gasteiger partial charge in [0.25, 0.3) is 5.91 Å². The van der Waals surface area contributed by atoms with Crippen molar-refractivity contribution in [2.24, 2.45) is 0 Å². The van der Waals surface area contributed by atoms with Gasteiger partial charge < -0.3 is 10.6 Å². The number of carbonyl (C=O) groups excluding carboxylic acids is 2. The predicted molar refractivity (Wildman–Crippen MR) is 165 cm³/mol. The molecular weight excluding hydrogens is 629 g/mol. The molecule has 0 unspecified atom stereocenters. The Morgan fingerprint density at radius 2 is 1.64 bits per heavy atom. The number of sulfonamides is 1. The van der Waals surface area contributed by atoms with Crippen molar-refractivity contribution in [1.82, 2.24) is 24.4 Å². The van der Waals surface area contributed by atoms with E-state index in [0.717, 1.165) is 23.4 Å². The maximum Gasteiger partial charge on any atom is 0.418 e. The number of hydrogen-bond acceptors (Lipinski definition) is 7. The van der Waals surface area contributed by atoms with E-state index in [2.05, 4.69) is 20.8 Å². The van der Waals surface area contributed by atoms with E-state index in [1.165, 1.54) is 46.8 Å². The molecular formula is C30H31F3N6O4S2. The van der Waals surface area contributed by atoms with Gasteiger partial charge in [0.2, 0.25) is 15.9 Å². The minimum absolute atomic E-state index is 0.0645. The van der Waals surface area contributed by atoms with Crippen LogP contribution in [0.3, 0.4) is 0 Å². The molecule has 0 saturated carbocycles. The second-order valence-corrected chi connectivity index (χ2v) is 12.6. The van der Waals surface area contributed by atoms with E-state index in [9.17, 15) is 31.2 Å². The lowest BCUT2D eigenvalue weighted by Crippen LogP contribution is -2.30. The van der Waals surface area contributed by atoms with Gasteiger partial charge in [-0.3, -0.25) is 14.2 Å². The summed E-state index contributed by atoms with van der Waals surface area (Å²) in [6.07, 6.45) is -4.63. The molecule has 4 rings (SSSR count). The van der Waals surface area contributed by atoms with Crippen LogP contribution >= 0.6 is 11.8 Å². The van der Waals surface area contributed by atoms with Gasteiger partial charge >= 0.3 is 6.18 Å². The number of aryl methyl sites for hydroxylation is 1. The average Bonchev–Trinajstić information content (AvgIpc) is 3.42. The largest absolute Gasteiger partial charge is 0.418 e. The highest BCUT2D eigenvalue weighted by atomic mass is 32.2. The highest BCUT2D eigenvalue weighted by Crippen LogP contribution is 2.34. The van der Waals surface area contributed by atoms with Crippen LogP contribution in [0.15, 0.2) is 82.8 Å². The molecule has 0 fully saturated rings. The Labute approximate surface area is 263 Å². The van der Waals surface area contributed by atoms with E-state index in [4.69, 9.17) is 0 Å². The number of para-hydroxylation sites is 1. The van der Waals surface area contributed by atoms with Crippen molar-refractivity contribution in [3.05, 3.63) is 95.3 Å². The third-order valence-corrected chi connectivity index (χ3v) is 9.66. The number of alkyl halides is 3. The summed E-state index contributed by atoms with van der Waals surface area (Å²) in [5.74, 6) is -1.07. The van der Waals surface area contributed by atoms with E-state index < -0.39 is 33.6 Å². The smallest absolute Gasteiger partial charge is 0.345 e. The molecule has 238 valence electrons. The number of aromatic nitrogens is 3. The SMILES string of the molecule is CCN(CC)S(=O)(=O)c1ccc(C(=O)NCc2nnc(SCC(=O)Nc3ccccc3C(F)(F)F)n2-c2cccc(C)c2)cc1. The van der Waals surface area contributed by atoms with Crippen LogP contribution < -0.4 is 10.6 Å². The van der Waals surface area contributed by atoms with Crippen LogP contribution in [0, 0.1) is 6.92 Å². The fourth-order valence-electron chi connectivity index (χ4n) is 4.44. The summed E-state index contributed by atoms with van der Waals surface area (Å²) in [6.45, 7) is 5.95. The van der Waals surface area contributed by atoms with Crippen molar-refractivity contribution in [1.29, 1.82) is 0 Å². The third-order valence-electron chi connectivity index (χ3n) is 6.67. The van der Waals surface area contributed by atoms with Crippen molar-refractivity contribution < 1.29 is 31.2 Å². The van der Waals surface area contributed by atoms with Crippen LogP contribution in [-0.4, -0.2) is 58.1 Å². The van der Waals surface area contributed by atoms with E-state index in [1.54, 1.807) is 24.5 Å². The summed E-state index contributed by atoms with van der Waals surface area (Å²) in [5.41, 5.74) is 0.511. The maximum atomic E-state index is 13.4. The molecule has 2 N–H and O–H groups in total. The zero-order chi connectivity index (χ0) is 32.8. The van der Waals surface area contributed by atoms with Crippen molar-refractivity contribution in [3.63, 3.8) is 0 Å².